The number of nitrogens with zero attached hydrogens (tertiary/aromatic N) is 1. The molecule has 128 valence electrons. The van der Waals surface area contributed by atoms with E-state index < -0.39 is 0 Å². The number of nitrogens with one attached hydrogen (secondary N) is 1. The molecule has 3 aliphatic rings. The van der Waals surface area contributed by atoms with E-state index in [0.717, 1.165) is 39.1 Å². The molecule has 4 rings (SSSR count). The number of ether oxygens (including phenoxy) is 1. The molecule has 1 amide bonds. The largest absolute Gasteiger partial charge is 0.368 e. The molecular formula is C17H25ClN2O2S. The van der Waals surface area contributed by atoms with Gasteiger partial charge >= 0.3 is 0 Å². The van der Waals surface area contributed by atoms with E-state index in [-0.39, 0.29) is 24.4 Å². The summed E-state index contributed by atoms with van der Waals surface area (Å²) in [5.74, 6) is 0.226. The van der Waals surface area contributed by atoms with Crippen LogP contribution in [-0.2, 0) is 16.1 Å². The maximum atomic E-state index is 13.0. The summed E-state index contributed by atoms with van der Waals surface area (Å²) in [6, 6.07) is 2.56. The van der Waals surface area contributed by atoms with Crippen LogP contribution in [-0.4, -0.2) is 42.6 Å². The molecular weight excluding hydrogens is 332 g/mol. The van der Waals surface area contributed by atoms with Crippen molar-refractivity contribution in [3.63, 3.8) is 0 Å². The lowest BCUT2D eigenvalue weighted by atomic mass is 9.93. The van der Waals surface area contributed by atoms with Crippen molar-refractivity contribution in [1.29, 1.82) is 0 Å². The minimum Gasteiger partial charge on any atom is -0.368 e. The van der Waals surface area contributed by atoms with Crippen LogP contribution in [0, 0.1) is 5.41 Å². The molecule has 3 heterocycles. The number of piperidine rings is 1. The van der Waals surface area contributed by atoms with Gasteiger partial charge in [0.1, 0.15) is 6.10 Å². The molecule has 1 aliphatic carbocycles. The lowest BCUT2D eigenvalue weighted by Crippen LogP contribution is -2.43. The summed E-state index contributed by atoms with van der Waals surface area (Å²) in [6.45, 7) is 3.68. The smallest absolute Gasteiger partial charge is 0.252 e. The second-order valence-corrected chi connectivity index (χ2v) is 7.71. The molecule has 1 N–H and O–H groups in total. The molecule has 2 atom stereocenters. The Morgan fingerprint density at radius 3 is 2.91 bits per heavy atom. The molecule has 1 saturated carbocycles. The van der Waals surface area contributed by atoms with Gasteiger partial charge in [0.15, 0.2) is 0 Å². The zero-order valence-corrected chi connectivity index (χ0v) is 15.0. The van der Waals surface area contributed by atoms with E-state index in [1.165, 1.54) is 24.8 Å². The Kier molecular flexibility index (Phi) is 5.31. The zero-order chi connectivity index (χ0) is 15.0. The normalized spacial score (nSPS) is 28.3. The number of carbonyl (C=O) groups excluding carboxylic acids is 1. The fourth-order valence-electron chi connectivity index (χ4n) is 4.11. The number of hydrogen-bond acceptors (Lipinski definition) is 4. The summed E-state index contributed by atoms with van der Waals surface area (Å²) < 4.78 is 5.67. The van der Waals surface area contributed by atoms with Gasteiger partial charge in [-0.3, -0.25) is 4.79 Å². The van der Waals surface area contributed by atoms with Gasteiger partial charge in [0.25, 0.3) is 5.91 Å². The predicted molar refractivity (Wildman–Crippen MR) is 94.0 cm³/mol. The van der Waals surface area contributed by atoms with Gasteiger partial charge in [-0.2, -0.15) is 11.3 Å². The van der Waals surface area contributed by atoms with E-state index in [4.69, 9.17) is 4.74 Å². The van der Waals surface area contributed by atoms with Crippen LogP contribution in [0.5, 0.6) is 0 Å². The molecule has 2 saturated heterocycles. The van der Waals surface area contributed by atoms with Gasteiger partial charge in [0.2, 0.25) is 0 Å². The van der Waals surface area contributed by atoms with Crippen LogP contribution in [0.2, 0.25) is 0 Å². The Morgan fingerprint density at radius 1 is 1.43 bits per heavy atom. The van der Waals surface area contributed by atoms with Crippen molar-refractivity contribution in [3.05, 3.63) is 22.4 Å². The van der Waals surface area contributed by atoms with Gasteiger partial charge in [-0.1, -0.05) is 0 Å². The highest BCUT2D eigenvalue weighted by molar-refractivity contribution is 7.07. The fraction of sp³-hybridized carbons (Fsp3) is 0.706. The molecule has 23 heavy (non-hydrogen) atoms. The molecule has 2 unspecified atom stereocenters. The molecule has 4 nitrogen and oxygen atoms in total. The van der Waals surface area contributed by atoms with Gasteiger partial charge in [-0.15, -0.1) is 12.4 Å². The molecule has 0 bridgehead atoms. The molecule has 2 aliphatic heterocycles. The van der Waals surface area contributed by atoms with Gasteiger partial charge in [-0.25, -0.2) is 0 Å². The number of carbonyl (C=O) groups is 1. The van der Waals surface area contributed by atoms with E-state index in [2.05, 4.69) is 27.0 Å². The Morgan fingerprint density at radius 2 is 2.26 bits per heavy atom. The van der Waals surface area contributed by atoms with E-state index >= 15 is 0 Å². The van der Waals surface area contributed by atoms with Gasteiger partial charge in [0.05, 0.1) is 0 Å². The monoisotopic (exact) mass is 356 g/mol. The van der Waals surface area contributed by atoms with E-state index in [9.17, 15) is 4.79 Å². The van der Waals surface area contributed by atoms with Gasteiger partial charge in [0, 0.05) is 19.2 Å². The number of hydrogen-bond donors (Lipinski definition) is 1. The van der Waals surface area contributed by atoms with Crippen LogP contribution in [0.15, 0.2) is 16.8 Å². The number of rotatable bonds is 4. The average molecular weight is 357 g/mol. The van der Waals surface area contributed by atoms with Gasteiger partial charge < -0.3 is 15.0 Å². The first-order chi connectivity index (χ1) is 10.8. The van der Waals surface area contributed by atoms with Crippen LogP contribution < -0.4 is 5.32 Å². The van der Waals surface area contributed by atoms with Crippen molar-refractivity contribution in [2.45, 2.75) is 50.8 Å². The Balaban J connectivity index is 0.00000156. The zero-order valence-electron chi connectivity index (χ0n) is 13.3. The van der Waals surface area contributed by atoms with Crippen LogP contribution >= 0.6 is 23.7 Å². The molecule has 6 heteroatoms. The molecule has 3 fully saturated rings. The first-order valence-electron chi connectivity index (χ1n) is 8.42. The minimum atomic E-state index is -0.196. The van der Waals surface area contributed by atoms with Crippen molar-refractivity contribution in [2.24, 2.45) is 5.41 Å². The third kappa shape index (κ3) is 3.43. The Labute approximate surface area is 148 Å². The van der Waals surface area contributed by atoms with E-state index in [0.29, 0.717) is 11.5 Å². The number of halogens is 1. The van der Waals surface area contributed by atoms with Crippen LogP contribution in [0.1, 0.15) is 37.7 Å². The van der Waals surface area contributed by atoms with E-state index in [1.807, 2.05) is 0 Å². The predicted octanol–water partition coefficient (Wildman–Crippen LogP) is 2.82. The van der Waals surface area contributed by atoms with Crippen molar-refractivity contribution < 1.29 is 9.53 Å². The SMILES string of the molecule is Cl.O=C(C1CCCO1)N(Cc1ccsc1)C1CC12CCNCC2. The average Bonchev–Trinajstić information content (AvgIpc) is 3.02. The highest BCUT2D eigenvalue weighted by Crippen LogP contribution is 2.56. The maximum Gasteiger partial charge on any atom is 0.252 e. The highest BCUT2D eigenvalue weighted by Gasteiger charge is 2.58. The summed E-state index contributed by atoms with van der Waals surface area (Å²) in [7, 11) is 0. The lowest BCUT2D eigenvalue weighted by molar-refractivity contribution is -0.143. The summed E-state index contributed by atoms with van der Waals surface area (Å²) in [6.07, 6.45) is 5.30. The van der Waals surface area contributed by atoms with E-state index in [1.54, 1.807) is 11.3 Å². The van der Waals surface area contributed by atoms with Crippen LogP contribution in [0.3, 0.4) is 0 Å². The summed E-state index contributed by atoms with van der Waals surface area (Å²) in [5.41, 5.74) is 1.64. The molecule has 0 aromatic carbocycles. The Hall–Kier alpha value is -0.620. The third-order valence-electron chi connectivity index (χ3n) is 5.54. The second-order valence-electron chi connectivity index (χ2n) is 6.93. The molecule has 1 aromatic heterocycles. The second kappa shape index (κ2) is 7.09. The quantitative estimate of drug-likeness (QED) is 0.902. The summed E-state index contributed by atoms with van der Waals surface area (Å²) in [4.78, 5) is 15.1. The lowest BCUT2D eigenvalue weighted by Gasteiger charge is -2.31. The molecule has 0 radical (unpaired) electrons. The highest BCUT2D eigenvalue weighted by atomic mass is 35.5. The summed E-state index contributed by atoms with van der Waals surface area (Å²) in [5, 5.41) is 7.70. The van der Waals surface area contributed by atoms with Crippen molar-refractivity contribution in [3.8, 4) is 0 Å². The first kappa shape index (κ1) is 17.2. The topological polar surface area (TPSA) is 41.6 Å². The first-order valence-corrected chi connectivity index (χ1v) is 9.37. The molecule has 1 spiro atoms. The van der Waals surface area contributed by atoms with Gasteiger partial charge in [-0.05, 0) is 73.0 Å². The van der Waals surface area contributed by atoms with Crippen molar-refractivity contribution >= 4 is 29.7 Å². The van der Waals surface area contributed by atoms with Crippen molar-refractivity contribution in [1.82, 2.24) is 10.2 Å². The third-order valence-corrected chi connectivity index (χ3v) is 6.28. The standard InChI is InChI=1S/C17H24N2O2S.ClH/c20-16(14-2-1-8-21-14)19(11-13-3-9-22-12-13)15-10-17(15)4-6-18-7-5-17;/h3,9,12,14-15,18H,1-2,4-8,10-11H2;1H. The van der Waals surface area contributed by atoms with Crippen molar-refractivity contribution in [2.75, 3.05) is 19.7 Å². The van der Waals surface area contributed by atoms with Crippen LogP contribution in [0.4, 0.5) is 0 Å². The maximum absolute atomic E-state index is 13.0. The summed E-state index contributed by atoms with van der Waals surface area (Å²) >= 11 is 1.71. The Bertz CT molecular complexity index is 525. The fourth-order valence-corrected chi connectivity index (χ4v) is 4.77. The number of thiophene rings is 1. The molecule has 1 aromatic rings. The van der Waals surface area contributed by atoms with Crippen LogP contribution in [0.25, 0.3) is 0 Å². The minimum absolute atomic E-state index is 0. The number of amides is 1.